The number of hydrogen-bond donors (Lipinski definition) is 2. The number of benzene rings is 1. The number of amides is 5. The second kappa shape index (κ2) is 9.61. The third kappa shape index (κ3) is 5.49. The highest BCUT2D eigenvalue weighted by molar-refractivity contribution is 6.30. The number of carbonyl (C=O) groups excluding carboxylic acids is 3. The Balaban J connectivity index is 1.39. The van der Waals surface area contributed by atoms with Crippen LogP contribution in [0, 0.1) is 0 Å². The molecule has 2 heterocycles. The highest BCUT2D eigenvalue weighted by atomic mass is 35.5. The molecule has 3 rings (SSSR count). The summed E-state index contributed by atoms with van der Waals surface area (Å²) in [4.78, 5) is 41.6. The molecule has 10 heteroatoms. The van der Waals surface area contributed by atoms with Crippen LogP contribution in [0.25, 0.3) is 0 Å². The first-order valence-corrected chi connectivity index (χ1v) is 9.60. The first kappa shape index (κ1) is 20.2. The monoisotopic (exact) mass is 409 g/mol. The average Bonchev–Trinajstić information content (AvgIpc) is 2.72. The number of morpholine rings is 1. The molecule has 2 aliphatic heterocycles. The van der Waals surface area contributed by atoms with E-state index in [-0.39, 0.29) is 24.5 Å². The number of urea groups is 2. The van der Waals surface area contributed by atoms with Crippen molar-refractivity contribution in [2.24, 2.45) is 0 Å². The zero-order valence-corrected chi connectivity index (χ0v) is 16.3. The molecule has 0 bridgehead atoms. The minimum absolute atomic E-state index is 0.0334. The first-order chi connectivity index (χ1) is 13.5. The molecule has 1 aromatic rings. The van der Waals surface area contributed by atoms with Gasteiger partial charge < -0.3 is 30.1 Å². The largest absolute Gasteiger partial charge is 0.378 e. The fourth-order valence-electron chi connectivity index (χ4n) is 3.07. The number of piperazine rings is 1. The van der Waals surface area contributed by atoms with Gasteiger partial charge in [-0.2, -0.15) is 0 Å². The molecule has 2 aliphatic rings. The van der Waals surface area contributed by atoms with Gasteiger partial charge in [0.15, 0.2) is 0 Å². The molecule has 0 atom stereocenters. The van der Waals surface area contributed by atoms with Gasteiger partial charge in [-0.3, -0.25) is 4.79 Å². The van der Waals surface area contributed by atoms with E-state index in [9.17, 15) is 14.4 Å². The molecule has 2 saturated heterocycles. The second-order valence-corrected chi connectivity index (χ2v) is 7.00. The predicted molar refractivity (Wildman–Crippen MR) is 104 cm³/mol. The molecule has 1 aromatic carbocycles. The summed E-state index contributed by atoms with van der Waals surface area (Å²) in [6, 6.07) is 6.41. The van der Waals surface area contributed by atoms with Crippen LogP contribution in [0.2, 0.25) is 5.02 Å². The highest BCUT2D eigenvalue weighted by Gasteiger charge is 2.25. The molecule has 28 heavy (non-hydrogen) atoms. The molecule has 152 valence electrons. The maximum Gasteiger partial charge on any atom is 0.321 e. The molecule has 2 fully saturated rings. The SMILES string of the molecule is O=C(CNC(=O)N1CCN(C(=O)Nc2cccc(Cl)c2)CC1)N1CCOCC1. The molecule has 0 spiro atoms. The lowest BCUT2D eigenvalue weighted by Crippen LogP contribution is -2.55. The highest BCUT2D eigenvalue weighted by Crippen LogP contribution is 2.15. The van der Waals surface area contributed by atoms with Gasteiger partial charge in [0.25, 0.3) is 0 Å². The molecular weight excluding hydrogens is 386 g/mol. The van der Waals surface area contributed by atoms with Gasteiger partial charge in [0.05, 0.1) is 19.8 Å². The van der Waals surface area contributed by atoms with E-state index in [0.29, 0.717) is 63.2 Å². The van der Waals surface area contributed by atoms with Crippen LogP contribution in [-0.4, -0.2) is 91.7 Å². The average molecular weight is 410 g/mol. The minimum Gasteiger partial charge on any atom is -0.378 e. The van der Waals surface area contributed by atoms with Crippen LogP contribution < -0.4 is 10.6 Å². The van der Waals surface area contributed by atoms with Crippen molar-refractivity contribution in [3.05, 3.63) is 29.3 Å². The van der Waals surface area contributed by atoms with E-state index in [1.165, 1.54) is 0 Å². The summed E-state index contributed by atoms with van der Waals surface area (Å²) < 4.78 is 5.21. The normalized spacial score (nSPS) is 17.2. The fraction of sp³-hybridized carbons (Fsp3) is 0.500. The van der Waals surface area contributed by atoms with Gasteiger partial charge in [-0.25, -0.2) is 9.59 Å². The van der Waals surface area contributed by atoms with Crippen LogP contribution >= 0.6 is 11.6 Å². The van der Waals surface area contributed by atoms with Crippen molar-refractivity contribution in [1.82, 2.24) is 20.0 Å². The van der Waals surface area contributed by atoms with Gasteiger partial charge in [0.2, 0.25) is 5.91 Å². The number of nitrogens with zero attached hydrogens (tertiary/aromatic N) is 3. The summed E-state index contributed by atoms with van der Waals surface area (Å²) in [5, 5.41) is 6.00. The van der Waals surface area contributed by atoms with Crippen LogP contribution in [0.1, 0.15) is 0 Å². The number of anilines is 1. The van der Waals surface area contributed by atoms with Gasteiger partial charge in [0, 0.05) is 50.0 Å². The second-order valence-electron chi connectivity index (χ2n) is 6.57. The van der Waals surface area contributed by atoms with Crippen molar-refractivity contribution >= 4 is 35.3 Å². The molecule has 0 radical (unpaired) electrons. The predicted octanol–water partition coefficient (Wildman–Crippen LogP) is 1.06. The van der Waals surface area contributed by atoms with Gasteiger partial charge in [-0.15, -0.1) is 0 Å². The van der Waals surface area contributed by atoms with E-state index >= 15 is 0 Å². The van der Waals surface area contributed by atoms with Crippen LogP contribution in [0.15, 0.2) is 24.3 Å². The lowest BCUT2D eigenvalue weighted by atomic mass is 10.3. The van der Waals surface area contributed by atoms with Crippen molar-refractivity contribution in [3.8, 4) is 0 Å². The molecule has 2 N–H and O–H groups in total. The van der Waals surface area contributed by atoms with E-state index < -0.39 is 0 Å². The quantitative estimate of drug-likeness (QED) is 0.780. The number of halogens is 1. The van der Waals surface area contributed by atoms with Crippen molar-refractivity contribution in [3.63, 3.8) is 0 Å². The van der Waals surface area contributed by atoms with E-state index in [1.54, 1.807) is 39.0 Å². The van der Waals surface area contributed by atoms with E-state index in [2.05, 4.69) is 10.6 Å². The fourth-order valence-corrected chi connectivity index (χ4v) is 3.26. The summed E-state index contributed by atoms with van der Waals surface area (Å²) in [5.41, 5.74) is 0.624. The number of carbonyl (C=O) groups is 3. The smallest absolute Gasteiger partial charge is 0.321 e. The molecule has 0 aromatic heterocycles. The molecule has 0 aliphatic carbocycles. The molecule has 0 unspecified atom stereocenters. The van der Waals surface area contributed by atoms with E-state index in [4.69, 9.17) is 16.3 Å². The maximum atomic E-state index is 12.3. The van der Waals surface area contributed by atoms with Crippen LogP contribution in [-0.2, 0) is 9.53 Å². The Bertz CT molecular complexity index is 718. The van der Waals surface area contributed by atoms with Crippen molar-refractivity contribution in [2.75, 3.05) is 64.3 Å². The Labute approximate surface area is 168 Å². The van der Waals surface area contributed by atoms with Crippen molar-refractivity contribution in [2.45, 2.75) is 0 Å². The topological polar surface area (TPSA) is 94.2 Å². The number of nitrogens with one attached hydrogen (secondary N) is 2. The van der Waals surface area contributed by atoms with Crippen molar-refractivity contribution in [1.29, 1.82) is 0 Å². The summed E-state index contributed by atoms with van der Waals surface area (Å²) >= 11 is 5.92. The zero-order chi connectivity index (χ0) is 19.9. The third-order valence-electron chi connectivity index (χ3n) is 4.68. The molecule has 0 saturated carbocycles. The lowest BCUT2D eigenvalue weighted by Gasteiger charge is -2.35. The minimum atomic E-state index is -0.295. The maximum absolute atomic E-state index is 12.3. The van der Waals surface area contributed by atoms with Crippen LogP contribution in [0.5, 0.6) is 0 Å². The summed E-state index contributed by atoms with van der Waals surface area (Å²) in [6.07, 6.45) is 0. The Hall–Kier alpha value is -2.52. The van der Waals surface area contributed by atoms with E-state index in [1.807, 2.05) is 0 Å². The van der Waals surface area contributed by atoms with Gasteiger partial charge in [-0.05, 0) is 18.2 Å². The van der Waals surface area contributed by atoms with Crippen LogP contribution in [0.3, 0.4) is 0 Å². The Morgan fingerprint density at radius 1 is 0.929 bits per heavy atom. The molecular formula is C18H24ClN5O4. The van der Waals surface area contributed by atoms with E-state index in [0.717, 1.165) is 0 Å². The van der Waals surface area contributed by atoms with Gasteiger partial charge in [0.1, 0.15) is 0 Å². The Kier molecular flexibility index (Phi) is 6.94. The summed E-state index contributed by atoms with van der Waals surface area (Å²) in [6.45, 7) is 3.76. The summed E-state index contributed by atoms with van der Waals surface area (Å²) in [5.74, 6) is -0.115. The lowest BCUT2D eigenvalue weighted by molar-refractivity contribution is -0.134. The Morgan fingerprint density at radius 3 is 2.21 bits per heavy atom. The molecule has 5 amide bonds. The van der Waals surface area contributed by atoms with Crippen molar-refractivity contribution < 1.29 is 19.1 Å². The van der Waals surface area contributed by atoms with Crippen LogP contribution in [0.4, 0.5) is 15.3 Å². The van der Waals surface area contributed by atoms with Gasteiger partial charge in [-0.1, -0.05) is 17.7 Å². The standard InChI is InChI=1S/C18H24ClN5O4/c19-14-2-1-3-15(12-14)21-18(27)24-6-4-23(5-7-24)17(26)20-13-16(25)22-8-10-28-11-9-22/h1-3,12H,4-11,13H2,(H,20,26)(H,21,27). The third-order valence-corrected chi connectivity index (χ3v) is 4.92. The first-order valence-electron chi connectivity index (χ1n) is 9.23. The Morgan fingerprint density at radius 2 is 1.57 bits per heavy atom. The van der Waals surface area contributed by atoms with Gasteiger partial charge >= 0.3 is 12.1 Å². The number of ether oxygens (including phenoxy) is 1. The zero-order valence-electron chi connectivity index (χ0n) is 15.5. The number of rotatable bonds is 3. The summed E-state index contributed by atoms with van der Waals surface area (Å²) in [7, 11) is 0. The number of hydrogen-bond acceptors (Lipinski definition) is 4. The molecule has 9 nitrogen and oxygen atoms in total.